The number of sulfone groups is 1. The second-order valence-corrected chi connectivity index (χ2v) is 8.47. The lowest BCUT2D eigenvalue weighted by molar-refractivity contribution is -0.120. The fourth-order valence-electron chi connectivity index (χ4n) is 2.70. The Morgan fingerprint density at radius 3 is 2.33 bits per heavy atom. The van der Waals surface area contributed by atoms with Crippen molar-refractivity contribution in [3.63, 3.8) is 0 Å². The van der Waals surface area contributed by atoms with Gasteiger partial charge in [0.15, 0.2) is 9.84 Å². The lowest BCUT2D eigenvalue weighted by atomic mass is 10.2. The van der Waals surface area contributed by atoms with Gasteiger partial charge < -0.3 is 10.2 Å². The Hall–Kier alpha value is -2.41. The third-order valence-corrected chi connectivity index (χ3v) is 6.46. The molecule has 146 valence electrons. The number of amides is 1. The summed E-state index contributed by atoms with van der Waals surface area (Å²) in [6.45, 7) is 5.37. The van der Waals surface area contributed by atoms with Crippen molar-refractivity contribution in [2.45, 2.75) is 30.4 Å². The van der Waals surface area contributed by atoms with E-state index >= 15 is 0 Å². The summed E-state index contributed by atoms with van der Waals surface area (Å²) < 4.78 is 37.9. The van der Waals surface area contributed by atoms with Crippen LogP contribution in [0.3, 0.4) is 0 Å². The SMILES string of the molecule is CCN(CCCNC(=O)C(C)S(=O)(=O)c1ccc(F)cc1)c1ccccc1. The molecule has 0 saturated carbocycles. The van der Waals surface area contributed by atoms with Crippen LogP contribution in [-0.4, -0.2) is 39.2 Å². The summed E-state index contributed by atoms with van der Waals surface area (Å²) >= 11 is 0. The van der Waals surface area contributed by atoms with Crippen LogP contribution in [-0.2, 0) is 14.6 Å². The normalized spacial score (nSPS) is 12.4. The Kier molecular flexibility index (Phi) is 7.36. The summed E-state index contributed by atoms with van der Waals surface area (Å²) in [5.74, 6) is -1.08. The molecule has 0 saturated heterocycles. The van der Waals surface area contributed by atoms with Crippen molar-refractivity contribution in [1.82, 2.24) is 5.32 Å². The summed E-state index contributed by atoms with van der Waals surface area (Å²) in [6, 6.07) is 14.4. The third-order valence-electron chi connectivity index (χ3n) is 4.38. The van der Waals surface area contributed by atoms with Crippen LogP contribution in [0.4, 0.5) is 10.1 Å². The maximum atomic E-state index is 13.0. The number of halogens is 1. The predicted molar refractivity (Wildman–Crippen MR) is 105 cm³/mol. The molecule has 2 aromatic carbocycles. The van der Waals surface area contributed by atoms with Gasteiger partial charge in [-0.3, -0.25) is 4.79 Å². The summed E-state index contributed by atoms with van der Waals surface area (Å²) in [4.78, 5) is 14.4. The number of hydrogen-bond donors (Lipinski definition) is 1. The lowest BCUT2D eigenvalue weighted by Gasteiger charge is -2.23. The highest BCUT2D eigenvalue weighted by Gasteiger charge is 2.29. The first-order valence-electron chi connectivity index (χ1n) is 8.93. The number of nitrogens with one attached hydrogen (secondary N) is 1. The average Bonchev–Trinajstić information content (AvgIpc) is 2.68. The molecule has 0 bridgehead atoms. The van der Waals surface area contributed by atoms with Crippen molar-refractivity contribution in [2.75, 3.05) is 24.5 Å². The van der Waals surface area contributed by atoms with Crippen molar-refractivity contribution in [1.29, 1.82) is 0 Å². The van der Waals surface area contributed by atoms with Gasteiger partial charge in [0.2, 0.25) is 5.91 Å². The summed E-state index contributed by atoms with van der Waals surface area (Å²) in [6.07, 6.45) is 0.692. The number of para-hydroxylation sites is 1. The third kappa shape index (κ3) is 5.53. The summed E-state index contributed by atoms with van der Waals surface area (Å²) in [5, 5.41) is 1.45. The Morgan fingerprint density at radius 1 is 1.11 bits per heavy atom. The highest BCUT2D eigenvalue weighted by atomic mass is 32.2. The van der Waals surface area contributed by atoms with E-state index in [9.17, 15) is 17.6 Å². The molecule has 0 aliphatic carbocycles. The number of benzene rings is 2. The second-order valence-electron chi connectivity index (χ2n) is 6.20. The topological polar surface area (TPSA) is 66.5 Å². The van der Waals surface area contributed by atoms with Crippen molar-refractivity contribution in [3.8, 4) is 0 Å². The molecular formula is C20H25FN2O3S. The van der Waals surface area contributed by atoms with E-state index in [0.29, 0.717) is 13.0 Å². The van der Waals surface area contributed by atoms with Crippen LogP contribution in [0, 0.1) is 5.82 Å². The van der Waals surface area contributed by atoms with Gasteiger partial charge in [-0.2, -0.15) is 0 Å². The summed E-state index contributed by atoms with van der Waals surface area (Å²) in [7, 11) is -3.85. The first-order valence-corrected chi connectivity index (χ1v) is 10.5. The number of carbonyl (C=O) groups excluding carboxylic acids is 1. The van der Waals surface area contributed by atoms with Gasteiger partial charge in [0, 0.05) is 25.3 Å². The van der Waals surface area contributed by atoms with E-state index in [0.717, 1.165) is 30.9 Å². The zero-order chi connectivity index (χ0) is 19.9. The van der Waals surface area contributed by atoms with Crippen LogP contribution < -0.4 is 10.2 Å². The number of nitrogens with zero attached hydrogens (tertiary/aromatic N) is 1. The molecule has 0 aliphatic heterocycles. The molecule has 2 rings (SSSR count). The van der Waals surface area contributed by atoms with Crippen LogP contribution in [0.25, 0.3) is 0 Å². The van der Waals surface area contributed by atoms with E-state index in [1.165, 1.54) is 19.1 Å². The molecule has 0 fully saturated rings. The van der Waals surface area contributed by atoms with E-state index in [1.807, 2.05) is 30.3 Å². The zero-order valence-electron chi connectivity index (χ0n) is 15.6. The van der Waals surface area contributed by atoms with E-state index < -0.39 is 26.8 Å². The van der Waals surface area contributed by atoms with E-state index in [-0.39, 0.29) is 4.90 Å². The predicted octanol–water partition coefficient (Wildman–Crippen LogP) is 3.02. The Balaban J connectivity index is 1.86. The number of carbonyl (C=O) groups is 1. The minimum atomic E-state index is -3.85. The molecule has 5 nitrogen and oxygen atoms in total. The molecule has 1 N–H and O–H groups in total. The quantitative estimate of drug-likeness (QED) is 0.526. The van der Waals surface area contributed by atoms with Gasteiger partial charge in [0.25, 0.3) is 0 Å². The van der Waals surface area contributed by atoms with Gasteiger partial charge in [-0.25, -0.2) is 12.8 Å². The Morgan fingerprint density at radius 2 is 1.74 bits per heavy atom. The van der Waals surface area contributed by atoms with Crippen molar-refractivity contribution in [3.05, 3.63) is 60.4 Å². The van der Waals surface area contributed by atoms with E-state index in [1.54, 1.807) is 0 Å². The molecule has 1 atom stereocenters. The molecule has 7 heteroatoms. The highest BCUT2D eigenvalue weighted by Crippen LogP contribution is 2.17. The molecule has 0 aliphatic rings. The van der Waals surface area contributed by atoms with Gasteiger partial charge in [-0.05, 0) is 56.7 Å². The minimum Gasteiger partial charge on any atom is -0.372 e. The maximum Gasteiger partial charge on any atom is 0.238 e. The fourth-order valence-corrected chi connectivity index (χ4v) is 3.99. The molecule has 1 amide bonds. The van der Waals surface area contributed by atoms with Crippen molar-refractivity contribution in [2.24, 2.45) is 0 Å². The summed E-state index contributed by atoms with van der Waals surface area (Å²) in [5.41, 5.74) is 1.11. The number of anilines is 1. The van der Waals surface area contributed by atoms with Gasteiger partial charge in [-0.1, -0.05) is 18.2 Å². The molecule has 27 heavy (non-hydrogen) atoms. The molecule has 1 unspecified atom stereocenters. The van der Waals surface area contributed by atoms with Crippen LogP contribution in [0.1, 0.15) is 20.3 Å². The molecule has 0 aromatic heterocycles. The van der Waals surface area contributed by atoms with E-state index in [2.05, 4.69) is 17.1 Å². The first kappa shape index (κ1) is 20.9. The standard InChI is InChI=1S/C20H25FN2O3S/c1-3-23(18-8-5-4-6-9-18)15-7-14-22-20(24)16(2)27(25,26)19-12-10-17(21)11-13-19/h4-6,8-13,16H,3,7,14-15H2,1-2H3,(H,22,24). The largest absolute Gasteiger partial charge is 0.372 e. The maximum absolute atomic E-state index is 13.0. The number of rotatable bonds is 9. The molecule has 2 aromatic rings. The second kappa shape index (κ2) is 9.50. The van der Waals surface area contributed by atoms with E-state index in [4.69, 9.17) is 0 Å². The Labute approximate surface area is 160 Å². The molecular weight excluding hydrogens is 367 g/mol. The van der Waals surface area contributed by atoms with Gasteiger partial charge in [-0.15, -0.1) is 0 Å². The van der Waals surface area contributed by atoms with Gasteiger partial charge >= 0.3 is 0 Å². The number of hydrogen-bond acceptors (Lipinski definition) is 4. The van der Waals surface area contributed by atoms with Gasteiger partial charge in [0.05, 0.1) is 4.90 Å². The van der Waals surface area contributed by atoms with Crippen molar-refractivity contribution >= 4 is 21.4 Å². The zero-order valence-corrected chi connectivity index (χ0v) is 16.4. The monoisotopic (exact) mass is 392 g/mol. The Bertz CT molecular complexity index is 839. The fraction of sp³-hybridized carbons (Fsp3) is 0.350. The molecule has 0 heterocycles. The van der Waals surface area contributed by atoms with Crippen molar-refractivity contribution < 1.29 is 17.6 Å². The lowest BCUT2D eigenvalue weighted by Crippen LogP contribution is -2.39. The molecule has 0 spiro atoms. The highest BCUT2D eigenvalue weighted by molar-refractivity contribution is 7.92. The van der Waals surface area contributed by atoms with Crippen LogP contribution >= 0.6 is 0 Å². The van der Waals surface area contributed by atoms with Crippen LogP contribution in [0.2, 0.25) is 0 Å². The first-order chi connectivity index (χ1) is 12.9. The smallest absolute Gasteiger partial charge is 0.238 e. The van der Waals surface area contributed by atoms with Crippen LogP contribution in [0.5, 0.6) is 0 Å². The van der Waals surface area contributed by atoms with Crippen LogP contribution in [0.15, 0.2) is 59.5 Å². The van der Waals surface area contributed by atoms with Gasteiger partial charge in [0.1, 0.15) is 11.1 Å². The minimum absolute atomic E-state index is 0.0622. The molecule has 0 radical (unpaired) electrons. The average molecular weight is 392 g/mol.